The van der Waals surface area contributed by atoms with Gasteiger partial charge in [-0.25, -0.2) is 0 Å². The Labute approximate surface area is 182 Å². The van der Waals surface area contributed by atoms with E-state index in [0.717, 1.165) is 51.5 Å². The summed E-state index contributed by atoms with van der Waals surface area (Å²) in [5.74, 6) is 0.730. The van der Waals surface area contributed by atoms with Gasteiger partial charge in [-0.05, 0) is 42.6 Å². The van der Waals surface area contributed by atoms with Crippen LogP contribution in [0.15, 0.2) is 35.5 Å². The van der Waals surface area contributed by atoms with E-state index in [4.69, 9.17) is 4.84 Å². The molecule has 0 amide bonds. The van der Waals surface area contributed by atoms with Crippen molar-refractivity contribution in [3.05, 3.63) is 35.9 Å². The van der Waals surface area contributed by atoms with Crippen LogP contribution in [0.5, 0.6) is 0 Å². The third kappa shape index (κ3) is 4.44. The molecule has 5 heteroatoms. The number of β-amino-alcohol motifs (C(OH)–C–C–N with tert-alkyl or cyclic N) is 1. The van der Waals surface area contributed by atoms with Crippen molar-refractivity contribution in [2.24, 2.45) is 21.9 Å². The number of benzene rings is 1. The van der Waals surface area contributed by atoms with Crippen molar-refractivity contribution in [1.29, 1.82) is 0 Å². The zero-order valence-corrected chi connectivity index (χ0v) is 19.0. The predicted molar refractivity (Wildman–Crippen MR) is 122 cm³/mol. The normalized spacial score (nSPS) is 31.3. The fraction of sp³-hybridized carbons (Fsp3) is 0.720. The van der Waals surface area contributed by atoms with Gasteiger partial charge in [-0.15, -0.1) is 0 Å². The molecule has 0 radical (unpaired) electrons. The molecule has 1 N–H and O–H groups in total. The number of rotatable bonds is 8. The summed E-state index contributed by atoms with van der Waals surface area (Å²) in [5, 5.41) is 14.9. The monoisotopic (exact) mass is 413 g/mol. The van der Waals surface area contributed by atoms with E-state index in [1.165, 1.54) is 24.1 Å². The van der Waals surface area contributed by atoms with Crippen LogP contribution in [-0.2, 0) is 11.3 Å². The van der Waals surface area contributed by atoms with E-state index in [2.05, 4.69) is 66.1 Å². The molecule has 0 spiro atoms. The minimum atomic E-state index is -0.482. The fourth-order valence-corrected chi connectivity index (χ4v) is 5.75. The second kappa shape index (κ2) is 8.97. The quantitative estimate of drug-likeness (QED) is 0.664. The zero-order valence-electron chi connectivity index (χ0n) is 19.0. The Morgan fingerprint density at radius 1 is 1.10 bits per heavy atom. The van der Waals surface area contributed by atoms with Crippen molar-refractivity contribution >= 4 is 5.71 Å². The Kier molecular flexibility index (Phi) is 6.52. The molecule has 2 bridgehead atoms. The van der Waals surface area contributed by atoms with Crippen molar-refractivity contribution in [2.75, 3.05) is 45.9 Å². The minimum Gasteiger partial charge on any atom is -0.393 e. The number of hydrogen-bond acceptors (Lipinski definition) is 5. The molecule has 1 aliphatic heterocycles. The summed E-state index contributed by atoms with van der Waals surface area (Å²) in [4.78, 5) is 10.5. The summed E-state index contributed by atoms with van der Waals surface area (Å²) in [5.41, 5.74) is 3.09. The van der Waals surface area contributed by atoms with Crippen molar-refractivity contribution in [3.8, 4) is 0 Å². The number of piperazine rings is 1. The van der Waals surface area contributed by atoms with E-state index in [9.17, 15) is 5.11 Å². The highest BCUT2D eigenvalue weighted by molar-refractivity contribution is 5.93. The molecule has 3 atom stereocenters. The van der Waals surface area contributed by atoms with Crippen molar-refractivity contribution in [3.63, 3.8) is 0 Å². The van der Waals surface area contributed by atoms with Gasteiger partial charge in [0, 0.05) is 44.7 Å². The smallest absolute Gasteiger partial charge is 0.144 e. The summed E-state index contributed by atoms with van der Waals surface area (Å²) in [7, 11) is 0. The van der Waals surface area contributed by atoms with Gasteiger partial charge >= 0.3 is 0 Å². The average molecular weight is 414 g/mol. The van der Waals surface area contributed by atoms with Gasteiger partial charge in [0.05, 0.1) is 5.71 Å². The van der Waals surface area contributed by atoms with E-state index in [0.29, 0.717) is 18.6 Å². The molecule has 2 saturated carbocycles. The lowest BCUT2D eigenvalue weighted by Gasteiger charge is -2.35. The standard InChI is InChI=1S/C25H39N3O2/c1-24(2)21-9-11-25(24,3)23(17-21)26-30-19-22(29)18-28-15-13-27(14-16-28)12-10-20-7-5-4-6-8-20/h4-8,21-22,29H,9-19H2,1-3H3/b26-23-/t21-,22+,25-/m0/s1. The van der Waals surface area contributed by atoms with Gasteiger partial charge in [0.1, 0.15) is 12.7 Å². The lowest BCUT2D eigenvalue weighted by atomic mass is 9.70. The van der Waals surface area contributed by atoms with Crippen LogP contribution in [0.4, 0.5) is 0 Å². The maximum atomic E-state index is 10.4. The van der Waals surface area contributed by atoms with E-state index in [-0.39, 0.29) is 5.41 Å². The van der Waals surface area contributed by atoms with Crippen molar-refractivity contribution in [1.82, 2.24) is 9.80 Å². The van der Waals surface area contributed by atoms with E-state index < -0.39 is 6.10 Å². The number of aliphatic hydroxyl groups excluding tert-OH is 1. The molecule has 3 aliphatic rings. The topological polar surface area (TPSA) is 48.3 Å². The van der Waals surface area contributed by atoms with E-state index in [1.807, 2.05) is 0 Å². The molecule has 1 saturated heterocycles. The highest BCUT2D eigenvalue weighted by atomic mass is 16.6. The van der Waals surface area contributed by atoms with E-state index >= 15 is 0 Å². The molecule has 1 aromatic carbocycles. The largest absolute Gasteiger partial charge is 0.393 e. The Morgan fingerprint density at radius 2 is 1.80 bits per heavy atom. The van der Waals surface area contributed by atoms with Gasteiger partial charge < -0.3 is 14.8 Å². The lowest BCUT2D eigenvalue weighted by Crippen LogP contribution is -2.49. The first-order valence-electron chi connectivity index (χ1n) is 11.7. The van der Waals surface area contributed by atoms with Crippen LogP contribution in [-0.4, -0.2) is 72.6 Å². The van der Waals surface area contributed by atoms with Crippen LogP contribution in [0.25, 0.3) is 0 Å². The number of aliphatic hydroxyl groups is 1. The molecule has 5 nitrogen and oxygen atoms in total. The SMILES string of the molecule is CC1(C)[C@H]2CC[C@@]1(C)/C(=N\OC[C@H](O)CN1CCN(CCc3ccccc3)CC1)C2. The van der Waals surface area contributed by atoms with Gasteiger partial charge in [0.2, 0.25) is 0 Å². The first-order chi connectivity index (χ1) is 14.4. The Balaban J connectivity index is 1.15. The van der Waals surface area contributed by atoms with E-state index in [1.54, 1.807) is 0 Å². The molecule has 4 rings (SSSR count). The number of nitrogens with zero attached hydrogens (tertiary/aromatic N) is 3. The molecule has 3 fully saturated rings. The molecular formula is C25H39N3O2. The van der Waals surface area contributed by atoms with Crippen molar-refractivity contribution in [2.45, 2.75) is 52.6 Å². The molecule has 1 aromatic rings. The molecule has 166 valence electrons. The third-order valence-electron chi connectivity index (χ3n) is 8.45. The average Bonchev–Trinajstić information content (AvgIpc) is 3.08. The molecule has 0 aromatic heterocycles. The summed E-state index contributed by atoms with van der Waals surface area (Å²) in [6.07, 6.45) is 4.20. The predicted octanol–water partition coefficient (Wildman–Crippen LogP) is 3.43. The van der Waals surface area contributed by atoms with Crippen LogP contribution in [0.3, 0.4) is 0 Å². The zero-order chi connectivity index (χ0) is 21.2. The van der Waals surface area contributed by atoms with Crippen LogP contribution >= 0.6 is 0 Å². The summed E-state index contributed by atoms with van der Waals surface area (Å²) in [6, 6.07) is 10.7. The fourth-order valence-electron chi connectivity index (χ4n) is 5.75. The van der Waals surface area contributed by atoms with Crippen LogP contribution in [0, 0.1) is 16.7 Å². The highest BCUT2D eigenvalue weighted by Crippen LogP contribution is 2.63. The maximum Gasteiger partial charge on any atom is 0.144 e. The molecule has 30 heavy (non-hydrogen) atoms. The summed E-state index contributed by atoms with van der Waals surface area (Å²) >= 11 is 0. The second-order valence-corrected chi connectivity index (χ2v) is 10.4. The number of oxime groups is 1. The first-order valence-corrected chi connectivity index (χ1v) is 11.7. The Bertz CT molecular complexity index is 727. The highest BCUT2D eigenvalue weighted by Gasteiger charge is 2.60. The van der Waals surface area contributed by atoms with Gasteiger partial charge in [-0.3, -0.25) is 4.90 Å². The first kappa shape index (κ1) is 21.8. The summed E-state index contributed by atoms with van der Waals surface area (Å²) in [6.45, 7) is 13.3. The minimum absolute atomic E-state index is 0.165. The van der Waals surface area contributed by atoms with Crippen LogP contribution in [0.2, 0.25) is 0 Å². The summed E-state index contributed by atoms with van der Waals surface area (Å²) < 4.78 is 0. The number of fused-ring (bicyclic) bond motifs is 2. The lowest BCUT2D eigenvalue weighted by molar-refractivity contribution is 0.00796. The molecular weight excluding hydrogens is 374 g/mol. The van der Waals surface area contributed by atoms with Crippen LogP contribution < -0.4 is 0 Å². The van der Waals surface area contributed by atoms with Gasteiger partial charge in [-0.2, -0.15) is 0 Å². The Morgan fingerprint density at radius 3 is 2.43 bits per heavy atom. The Hall–Kier alpha value is -1.43. The van der Waals surface area contributed by atoms with Crippen molar-refractivity contribution < 1.29 is 9.94 Å². The van der Waals surface area contributed by atoms with Gasteiger partial charge in [0.25, 0.3) is 0 Å². The maximum absolute atomic E-state index is 10.4. The van der Waals surface area contributed by atoms with Gasteiger partial charge in [-0.1, -0.05) is 56.3 Å². The molecule has 1 heterocycles. The molecule has 0 unspecified atom stereocenters. The van der Waals surface area contributed by atoms with Gasteiger partial charge in [0.15, 0.2) is 0 Å². The molecule has 2 aliphatic carbocycles. The van der Waals surface area contributed by atoms with Crippen LogP contribution in [0.1, 0.15) is 45.6 Å². The third-order valence-corrected chi connectivity index (χ3v) is 8.45. The number of hydrogen-bond donors (Lipinski definition) is 1. The second-order valence-electron chi connectivity index (χ2n) is 10.4.